The van der Waals surface area contributed by atoms with Crippen molar-refractivity contribution in [3.8, 4) is 16.9 Å². The van der Waals surface area contributed by atoms with E-state index < -0.39 is 75.5 Å². The third kappa shape index (κ3) is 10.6. The molecule has 0 aliphatic carbocycles. The average molecular weight is 786 g/mol. The van der Waals surface area contributed by atoms with Crippen molar-refractivity contribution < 1.29 is 54.6 Å². The molecule has 290 valence electrons. The van der Waals surface area contributed by atoms with E-state index in [2.05, 4.69) is 15.4 Å². The van der Waals surface area contributed by atoms with Crippen molar-refractivity contribution in [2.75, 3.05) is 29.9 Å². The largest absolute Gasteiger partial charge is 0.482 e. The summed E-state index contributed by atoms with van der Waals surface area (Å²) in [6.07, 6.45) is -3.70. The van der Waals surface area contributed by atoms with Crippen molar-refractivity contribution in [1.82, 2.24) is 14.6 Å². The molecule has 55 heavy (non-hydrogen) atoms. The molecule has 1 atom stereocenters. The van der Waals surface area contributed by atoms with Gasteiger partial charge in [0.2, 0.25) is 12.7 Å². The number of benzene rings is 3. The number of esters is 1. The lowest BCUT2D eigenvalue weighted by atomic mass is 10.00. The summed E-state index contributed by atoms with van der Waals surface area (Å²) in [6.45, 7) is 2.55. The molecule has 2 amide bonds. The summed E-state index contributed by atoms with van der Waals surface area (Å²) in [6, 6.07) is 18.6. The number of aromatic nitrogens is 3. The third-order valence-electron chi connectivity index (χ3n) is 7.92. The molecule has 3 aromatic carbocycles. The number of carbonyl (C=O) groups excluding carboxylic acids is 3. The van der Waals surface area contributed by atoms with Crippen LogP contribution in [-0.4, -0.2) is 66.8 Å². The van der Waals surface area contributed by atoms with E-state index in [9.17, 15) is 40.4 Å². The van der Waals surface area contributed by atoms with Crippen molar-refractivity contribution >= 4 is 50.8 Å². The quantitative estimate of drug-likeness (QED) is 0.0722. The van der Waals surface area contributed by atoms with Crippen molar-refractivity contribution in [3.05, 3.63) is 96.4 Å². The number of sulfone groups is 1. The molecule has 2 heterocycles. The molecular formula is C37H35F4N5O8S. The second-order valence-corrected chi connectivity index (χ2v) is 14.8. The smallest absolute Gasteiger partial charge is 0.424 e. The lowest BCUT2D eigenvalue weighted by Crippen LogP contribution is -2.30. The number of amides is 2. The molecule has 0 fully saturated rings. The maximum Gasteiger partial charge on any atom is 0.424 e. The topological polar surface area (TPSA) is 158 Å². The average Bonchev–Trinajstić information content (AvgIpc) is 3.53. The number of anilines is 3. The third-order valence-corrected chi connectivity index (χ3v) is 9.03. The second kappa shape index (κ2) is 16.5. The minimum atomic E-state index is -4.84. The summed E-state index contributed by atoms with van der Waals surface area (Å²) < 4.78 is 94.1. The first-order valence-corrected chi connectivity index (χ1v) is 18.5. The fourth-order valence-corrected chi connectivity index (χ4v) is 5.75. The Morgan fingerprint density at radius 1 is 0.909 bits per heavy atom. The van der Waals surface area contributed by atoms with E-state index in [0.717, 1.165) is 24.5 Å². The number of fused-ring (bicyclic) bond motifs is 1. The highest BCUT2D eigenvalue weighted by molar-refractivity contribution is 7.90. The van der Waals surface area contributed by atoms with Gasteiger partial charge in [-0.1, -0.05) is 38.1 Å². The van der Waals surface area contributed by atoms with Gasteiger partial charge in [0.15, 0.2) is 22.1 Å². The fourth-order valence-electron chi connectivity index (χ4n) is 5.11. The molecule has 5 rings (SSSR count). The van der Waals surface area contributed by atoms with Crippen LogP contribution in [0.15, 0.2) is 90.0 Å². The predicted molar refractivity (Wildman–Crippen MR) is 192 cm³/mol. The first-order chi connectivity index (χ1) is 25.9. The van der Waals surface area contributed by atoms with Crippen LogP contribution in [0.5, 0.6) is 5.75 Å². The lowest BCUT2D eigenvalue weighted by molar-refractivity contribution is -0.153. The van der Waals surface area contributed by atoms with Gasteiger partial charge in [0.1, 0.15) is 11.6 Å². The summed E-state index contributed by atoms with van der Waals surface area (Å²) in [5.74, 6) is -3.06. The molecule has 2 aromatic heterocycles. The van der Waals surface area contributed by atoms with Gasteiger partial charge in [0.05, 0.1) is 16.5 Å². The van der Waals surface area contributed by atoms with E-state index in [4.69, 9.17) is 14.2 Å². The van der Waals surface area contributed by atoms with Crippen molar-refractivity contribution in [2.45, 2.75) is 44.2 Å². The highest BCUT2D eigenvalue weighted by atomic mass is 32.2. The van der Waals surface area contributed by atoms with Gasteiger partial charge in [-0.3, -0.25) is 9.59 Å². The van der Waals surface area contributed by atoms with E-state index in [0.29, 0.717) is 27.3 Å². The van der Waals surface area contributed by atoms with Crippen LogP contribution in [0.2, 0.25) is 0 Å². The molecule has 0 saturated carbocycles. The van der Waals surface area contributed by atoms with E-state index in [1.165, 1.54) is 28.8 Å². The van der Waals surface area contributed by atoms with Gasteiger partial charge in [-0.15, -0.1) is 5.10 Å². The Morgan fingerprint density at radius 3 is 2.22 bits per heavy atom. The van der Waals surface area contributed by atoms with Gasteiger partial charge in [-0.05, 0) is 72.5 Å². The Bertz CT molecular complexity index is 2300. The number of hydrogen-bond acceptors (Lipinski definition) is 10. The number of ether oxygens (including phenoxy) is 3. The minimum absolute atomic E-state index is 0.0219. The zero-order valence-corrected chi connectivity index (χ0v) is 30.7. The minimum Gasteiger partial charge on any atom is -0.482 e. The molecule has 0 aliphatic rings. The number of pyridine rings is 1. The van der Waals surface area contributed by atoms with Crippen LogP contribution in [-0.2, 0) is 28.9 Å². The maximum absolute atomic E-state index is 13.6. The van der Waals surface area contributed by atoms with E-state index >= 15 is 0 Å². The molecule has 0 aliphatic heterocycles. The van der Waals surface area contributed by atoms with Crippen molar-refractivity contribution in [1.29, 1.82) is 0 Å². The number of hydrogen-bond donors (Lipinski definition) is 1. The zero-order valence-electron chi connectivity index (χ0n) is 29.8. The summed E-state index contributed by atoms with van der Waals surface area (Å²) in [4.78, 5) is 43.1. The number of nitrogens with one attached hydrogen (secondary N) is 1. The lowest BCUT2D eigenvalue weighted by Gasteiger charge is -2.22. The number of carbonyl (C=O) groups is 3. The molecule has 13 nitrogen and oxygen atoms in total. The standard InChI is InChI=1S/C37H35F4N5O8S/c1-22(2)17-33(47)53-21-54-36(49)46(30-15-14-29(55(4,50)51)18-31(30)52-20-37(39,40)41)35-43-32-16-9-26(19-45(32)44-35)25-7-12-28(13-8-25)42-34(48)23(3)24-5-10-27(38)11-6-24/h5-16,18-19,22-23H,17,20-21H2,1-4H3,(H,42,48). The number of rotatable bonds is 13. The van der Waals surface area contributed by atoms with Gasteiger partial charge in [0, 0.05) is 36.2 Å². The first-order valence-electron chi connectivity index (χ1n) is 16.6. The van der Waals surface area contributed by atoms with Gasteiger partial charge >= 0.3 is 18.2 Å². The Kier molecular flexibility index (Phi) is 12.1. The summed E-state index contributed by atoms with van der Waals surface area (Å²) in [5.41, 5.74) is 2.22. The predicted octanol–water partition coefficient (Wildman–Crippen LogP) is 7.44. The second-order valence-electron chi connectivity index (χ2n) is 12.8. The van der Waals surface area contributed by atoms with Crippen molar-refractivity contribution in [3.63, 3.8) is 0 Å². The molecule has 5 aromatic rings. The summed E-state index contributed by atoms with van der Waals surface area (Å²) in [5, 5.41) is 7.18. The maximum atomic E-state index is 13.6. The van der Waals surface area contributed by atoms with Crippen LogP contribution in [0.1, 0.15) is 38.7 Å². The van der Waals surface area contributed by atoms with Crippen LogP contribution in [0.25, 0.3) is 16.8 Å². The molecule has 0 bridgehead atoms. The molecule has 1 unspecified atom stereocenters. The summed E-state index contributed by atoms with van der Waals surface area (Å²) in [7, 11) is -3.94. The molecule has 0 saturated heterocycles. The van der Waals surface area contributed by atoms with Gasteiger partial charge in [-0.25, -0.2) is 27.0 Å². The Labute approximate surface area is 312 Å². The highest BCUT2D eigenvalue weighted by Crippen LogP contribution is 2.37. The number of alkyl halides is 3. The monoisotopic (exact) mass is 785 g/mol. The SMILES string of the molecule is CC(C)CC(=O)OCOC(=O)N(c1nc2ccc(-c3ccc(NC(=O)C(C)c4ccc(F)cc4)cc3)cn2n1)c1ccc(S(C)(=O)=O)cc1OCC(F)(F)F. The fraction of sp³-hybridized carbons (Fsp3) is 0.270. The van der Waals surface area contributed by atoms with Gasteiger partial charge in [0.25, 0.3) is 5.95 Å². The Morgan fingerprint density at radius 2 is 1.58 bits per heavy atom. The van der Waals surface area contributed by atoms with Crippen molar-refractivity contribution in [2.24, 2.45) is 5.92 Å². The molecule has 0 spiro atoms. The van der Waals surface area contributed by atoms with E-state index in [-0.39, 0.29) is 23.9 Å². The highest BCUT2D eigenvalue weighted by Gasteiger charge is 2.32. The Hall–Kier alpha value is -6.04. The van der Waals surface area contributed by atoms with Crippen LogP contribution < -0.4 is 15.0 Å². The van der Waals surface area contributed by atoms with Gasteiger partial charge in [-0.2, -0.15) is 18.2 Å². The molecule has 1 N–H and O–H groups in total. The first kappa shape index (κ1) is 40.2. The van der Waals surface area contributed by atoms with Crippen LogP contribution in [0, 0.1) is 11.7 Å². The van der Waals surface area contributed by atoms with E-state index in [1.807, 2.05) is 0 Å². The zero-order chi connectivity index (χ0) is 40.1. The molecule has 18 heteroatoms. The van der Waals surface area contributed by atoms with Gasteiger partial charge < -0.3 is 19.5 Å². The molecular weight excluding hydrogens is 750 g/mol. The normalized spacial score (nSPS) is 12.3. The van der Waals surface area contributed by atoms with Crippen LogP contribution >= 0.6 is 0 Å². The summed E-state index contributed by atoms with van der Waals surface area (Å²) >= 11 is 0. The van der Waals surface area contributed by atoms with Crippen LogP contribution in [0.4, 0.5) is 39.7 Å². The molecule has 0 radical (unpaired) electrons. The number of nitrogens with zero attached hydrogens (tertiary/aromatic N) is 4. The number of halogens is 4. The van der Waals surface area contributed by atoms with E-state index in [1.54, 1.807) is 63.4 Å². The Balaban J connectivity index is 1.45. The van der Waals surface area contributed by atoms with Crippen LogP contribution in [0.3, 0.4) is 0 Å².